The largest absolute Gasteiger partial charge is 0.486 e. The van der Waals surface area contributed by atoms with Crippen molar-refractivity contribution in [1.82, 2.24) is 0 Å². The summed E-state index contributed by atoms with van der Waals surface area (Å²) in [7, 11) is 0. The maximum atomic E-state index is 6.70. The van der Waals surface area contributed by atoms with Gasteiger partial charge >= 0.3 is 0 Å². The highest BCUT2D eigenvalue weighted by atomic mass is 79.9. The van der Waals surface area contributed by atoms with Crippen LogP contribution in [0.15, 0.2) is 10.5 Å². The van der Waals surface area contributed by atoms with E-state index < -0.39 is 0 Å². The molecule has 2 aliphatic rings. The molecular weight excluding hydrogens is 318 g/mol. The van der Waals surface area contributed by atoms with Crippen molar-refractivity contribution >= 4 is 15.9 Å². The van der Waals surface area contributed by atoms with Crippen molar-refractivity contribution in [3.8, 4) is 11.5 Å². The number of nitrogens with two attached hydrogens (primary N) is 1. The van der Waals surface area contributed by atoms with Crippen molar-refractivity contribution in [1.29, 1.82) is 0 Å². The molecule has 0 aromatic heterocycles. The summed E-state index contributed by atoms with van der Waals surface area (Å²) in [6.45, 7) is 5.61. The molecule has 3 rings (SSSR count). The van der Waals surface area contributed by atoms with Crippen LogP contribution in [0.1, 0.15) is 56.6 Å². The SMILES string of the molecule is CC(C)c1c(C2(N)CCCC2)cc(Br)c2c1OCCO2. The van der Waals surface area contributed by atoms with E-state index in [9.17, 15) is 0 Å². The molecule has 1 aliphatic heterocycles. The summed E-state index contributed by atoms with van der Waals surface area (Å²) in [5.41, 5.74) is 8.96. The van der Waals surface area contributed by atoms with Gasteiger partial charge in [0.2, 0.25) is 0 Å². The monoisotopic (exact) mass is 339 g/mol. The smallest absolute Gasteiger partial charge is 0.175 e. The molecule has 1 heterocycles. The topological polar surface area (TPSA) is 44.5 Å². The van der Waals surface area contributed by atoms with Crippen LogP contribution in [0.3, 0.4) is 0 Å². The van der Waals surface area contributed by atoms with Gasteiger partial charge in [0.25, 0.3) is 0 Å². The van der Waals surface area contributed by atoms with Gasteiger partial charge in [0.1, 0.15) is 13.2 Å². The van der Waals surface area contributed by atoms with Gasteiger partial charge in [-0.1, -0.05) is 26.7 Å². The fourth-order valence-electron chi connectivity index (χ4n) is 3.45. The predicted octanol–water partition coefficient (Wildman–Crippen LogP) is 4.07. The minimum absolute atomic E-state index is 0.210. The van der Waals surface area contributed by atoms with Crippen molar-refractivity contribution in [3.63, 3.8) is 0 Å². The molecule has 0 saturated heterocycles. The van der Waals surface area contributed by atoms with Crippen LogP contribution in [-0.2, 0) is 5.54 Å². The first-order valence-corrected chi connectivity index (χ1v) is 8.23. The zero-order chi connectivity index (χ0) is 14.3. The molecule has 0 amide bonds. The molecule has 1 saturated carbocycles. The highest BCUT2D eigenvalue weighted by Crippen LogP contribution is 2.50. The van der Waals surface area contributed by atoms with Gasteiger partial charge in [0.05, 0.1) is 4.47 Å². The van der Waals surface area contributed by atoms with E-state index in [1.807, 2.05) is 0 Å². The van der Waals surface area contributed by atoms with Gasteiger partial charge in [0, 0.05) is 11.1 Å². The van der Waals surface area contributed by atoms with Crippen LogP contribution in [-0.4, -0.2) is 13.2 Å². The summed E-state index contributed by atoms with van der Waals surface area (Å²) < 4.78 is 12.7. The van der Waals surface area contributed by atoms with Gasteiger partial charge in [-0.05, 0) is 46.3 Å². The Labute approximate surface area is 129 Å². The number of benzene rings is 1. The molecule has 110 valence electrons. The lowest BCUT2D eigenvalue weighted by atomic mass is 9.82. The van der Waals surface area contributed by atoms with Crippen LogP contribution in [0.5, 0.6) is 11.5 Å². The molecule has 0 spiro atoms. The summed E-state index contributed by atoms with van der Waals surface area (Å²) in [4.78, 5) is 0. The molecule has 1 aromatic rings. The molecule has 0 unspecified atom stereocenters. The van der Waals surface area contributed by atoms with Crippen molar-refractivity contribution in [3.05, 3.63) is 21.7 Å². The number of halogens is 1. The molecule has 0 bridgehead atoms. The quantitative estimate of drug-likeness (QED) is 0.883. The molecule has 3 nitrogen and oxygen atoms in total. The normalized spacial score (nSPS) is 20.4. The average molecular weight is 340 g/mol. The van der Waals surface area contributed by atoms with Crippen LogP contribution < -0.4 is 15.2 Å². The Bertz CT molecular complexity index is 522. The van der Waals surface area contributed by atoms with E-state index in [4.69, 9.17) is 15.2 Å². The molecule has 2 N–H and O–H groups in total. The molecule has 4 heteroatoms. The number of fused-ring (bicyclic) bond motifs is 1. The van der Waals surface area contributed by atoms with E-state index in [1.54, 1.807) is 0 Å². The zero-order valence-corrected chi connectivity index (χ0v) is 13.8. The van der Waals surface area contributed by atoms with Crippen LogP contribution >= 0.6 is 15.9 Å². The van der Waals surface area contributed by atoms with Crippen LogP contribution in [0, 0.1) is 0 Å². The highest BCUT2D eigenvalue weighted by molar-refractivity contribution is 9.10. The second-order valence-corrected chi connectivity index (χ2v) is 7.05. The van der Waals surface area contributed by atoms with Gasteiger partial charge in [-0.3, -0.25) is 0 Å². The average Bonchev–Trinajstić information content (AvgIpc) is 2.86. The summed E-state index contributed by atoms with van der Waals surface area (Å²) in [5.74, 6) is 2.10. The van der Waals surface area contributed by atoms with Gasteiger partial charge in [-0.15, -0.1) is 0 Å². The summed E-state index contributed by atoms with van der Waals surface area (Å²) in [6.07, 6.45) is 4.53. The lowest BCUT2D eigenvalue weighted by Crippen LogP contribution is -2.35. The number of rotatable bonds is 2. The first-order valence-electron chi connectivity index (χ1n) is 7.44. The minimum atomic E-state index is -0.210. The molecule has 1 aliphatic carbocycles. The van der Waals surface area contributed by atoms with Crippen molar-refractivity contribution in [2.75, 3.05) is 13.2 Å². The minimum Gasteiger partial charge on any atom is -0.486 e. The summed E-state index contributed by atoms with van der Waals surface area (Å²) in [5, 5.41) is 0. The molecule has 0 atom stereocenters. The summed E-state index contributed by atoms with van der Waals surface area (Å²) >= 11 is 3.63. The second kappa shape index (κ2) is 5.23. The number of ether oxygens (including phenoxy) is 2. The molecule has 1 aromatic carbocycles. The third kappa shape index (κ3) is 2.23. The Balaban J connectivity index is 2.21. The van der Waals surface area contributed by atoms with Gasteiger partial charge in [-0.2, -0.15) is 0 Å². The maximum absolute atomic E-state index is 6.70. The zero-order valence-electron chi connectivity index (χ0n) is 12.2. The molecule has 1 fully saturated rings. The van der Waals surface area contributed by atoms with Gasteiger partial charge < -0.3 is 15.2 Å². The van der Waals surface area contributed by atoms with Gasteiger partial charge in [-0.25, -0.2) is 0 Å². The third-order valence-electron chi connectivity index (χ3n) is 4.41. The van der Waals surface area contributed by atoms with E-state index in [0.29, 0.717) is 19.1 Å². The van der Waals surface area contributed by atoms with Crippen molar-refractivity contribution < 1.29 is 9.47 Å². The van der Waals surface area contributed by atoms with Crippen LogP contribution in [0.4, 0.5) is 0 Å². The van der Waals surface area contributed by atoms with E-state index in [1.165, 1.54) is 24.0 Å². The van der Waals surface area contributed by atoms with Crippen molar-refractivity contribution in [2.45, 2.75) is 51.0 Å². The van der Waals surface area contributed by atoms with Crippen LogP contribution in [0.25, 0.3) is 0 Å². The lowest BCUT2D eigenvalue weighted by molar-refractivity contribution is 0.167. The van der Waals surface area contributed by atoms with Crippen molar-refractivity contribution in [2.24, 2.45) is 5.73 Å². The Morgan fingerprint density at radius 1 is 1.15 bits per heavy atom. The van der Waals surface area contributed by atoms with Gasteiger partial charge in [0.15, 0.2) is 11.5 Å². The Kier molecular flexibility index (Phi) is 3.71. The Hall–Kier alpha value is -0.740. The van der Waals surface area contributed by atoms with E-state index in [0.717, 1.165) is 28.8 Å². The lowest BCUT2D eigenvalue weighted by Gasteiger charge is -2.32. The first kappa shape index (κ1) is 14.2. The third-order valence-corrected chi connectivity index (χ3v) is 5.00. The standard InChI is InChI=1S/C16H22BrNO2/c1-10(2)13-11(16(18)5-3-4-6-16)9-12(17)14-15(13)20-8-7-19-14/h9-10H,3-8,18H2,1-2H3. The Morgan fingerprint density at radius 2 is 1.75 bits per heavy atom. The van der Waals surface area contributed by atoms with E-state index in [-0.39, 0.29) is 5.54 Å². The first-order chi connectivity index (χ1) is 9.53. The number of hydrogen-bond acceptors (Lipinski definition) is 3. The highest BCUT2D eigenvalue weighted by Gasteiger charge is 2.37. The predicted molar refractivity (Wildman–Crippen MR) is 83.6 cm³/mol. The Morgan fingerprint density at radius 3 is 2.35 bits per heavy atom. The molecular formula is C16H22BrNO2. The molecule has 20 heavy (non-hydrogen) atoms. The molecule has 0 radical (unpaired) electrons. The second-order valence-electron chi connectivity index (χ2n) is 6.19. The van der Waals surface area contributed by atoms with Crippen LogP contribution in [0.2, 0.25) is 0 Å². The van der Waals surface area contributed by atoms with E-state index in [2.05, 4.69) is 35.8 Å². The van der Waals surface area contributed by atoms with E-state index >= 15 is 0 Å². The fourth-order valence-corrected chi connectivity index (χ4v) is 3.97. The summed E-state index contributed by atoms with van der Waals surface area (Å²) in [6, 6.07) is 2.16. The number of hydrogen-bond donors (Lipinski definition) is 1. The maximum Gasteiger partial charge on any atom is 0.175 e. The fraction of sp³-hybridized carbons (Fsp3) is 0.625.